The molecule has 5 nitrogen and oxygen atoms in total. The summed E-state index contributed by atoms with van der Waals surface area (Å²) in [5.74, 6) is -0.489. The fraction of sp³-hybridized carbons (Fsp3) is 0.278. The Balaban J connectivity index is 1.77. The Morgan fingerprint density at radius 3 is 2.92 bits per heavy atom. The number of ether oxygens (including phenoxy) is 1. The molecule has 0 amide bonds. The number of pyridine rings is 1. The molecule has 0 radical (unpaired) electrons. The molecule has 6 heteroatoms. The van der Waals surface area contributed by atoms with Crippen LogP contribution in [0.3, 0.4) is 0 Å². The number of para-hydroxylation sites is 1. The van der Waals surface area contributed by atoms with E-state index in [0.717, 1.165) is 35.0 Å². The molecule has 0 atom stereocenters. The first kappa shape index (κ1) is 16.5. The Bertz CT molecular complexity index is 889. The van der Waals surface area contributed by atoms with E-state index in [0.29, 0.717) is 10.7 Å². The number of carbonyl (C=O) groups is 1. The maximum absolute atomic E-state index is 12.1. The summed E-state index contributed by atoms with van der Waals surface area (Å²) < 4.78 is 5.32. The van der Waals surface area contributed by atoms with Gasteiger partial charge in [-0.3, -0.25) is 5.10 Å². The van der Waals surface area contributed by atoms with Gasteiger partial charge < -0.3 is 4.74 Å². The standard InChI is InChI=1S/C18H18ClN3O2/c1-3-6-12-9-15(22-21-12)18(23)24-10-16-17(19)11(2)13-7-4-5-8-14(13)20-16/h4-5,7-9H,3,6,10H2,1-2H3,(H,21,22). The number of hydrogen-bond acceptors (Lipinski definition) is 4. The lowest BCUT2D eigenvalue weighted by molar-refractivity contribution is 0.0461. The summed E-state index contributed by atoms with van der Waals surface area (Å²) in [6, 6.07) is 9.45. The van der Waals surface area contributed by atoms with Gasteiger partial charge in [-0.05, 0) is 31.0 Å². The molecular formula is C18H18ClN3O2. The lowest BCUT2D eigenvalue weighted by Crippen LogP contribution is -2.07. The second-order valence-corrected chi connectivity index (χ2v) is 6.00. The summed E-state index contributed by atoms with van der Waals surface area (Å²) in [7, 11) is 0. The molecule has 0 fully saturated rings. The third kappa shape index (κ3) is 3.26. The molecule has 24 heavy (non-hydrogen) atoms. The van der Waals surface area contributed by atoms with Crippen molar-refractivity contribution in [3.8, 4) is 0 Å². The van der Waals surface area contributed by atoms with Crippen LogP contribution in [0.15, 0.2) is 30.3 Å². The second-order valence-electron chi connectivity index (χ2n) is 5.62. The number of benzene rings is 1. The summed E-state index contributed by atoms with van der Waals surface area (Å²) in [6.45, 7) is 4.01. The molecule has 2 heterocycles. The molecule has 0 unspecified atom stereocenters. The molecule has 0 aliphatic heterocycles. The van der Waals surface area contributed by atoms with E-state index in [-0.39, 0.29) is 12.3 Å². The summed E-state index contributed by atoms with van der Waals surface area (Å²) in [5, 5.41) is 8.34. The van der Waals surface area contributed by atoms with Crippen molar-refractivity contribution in [1.82, 2.24) is 15.2 Å². The van der Waals surface area contributed by atoms with Gasteiger partial charge in [0.1, 0.15) is 6.61 Å². The Labute approximate surface area is 145 Å². The largest absolute Gasteiger partial charge is 0.454 e. The highest BCUT2D eigenvalue weighted by Crippen LogP contribution is 2.27. The maximum atomic E-state index is 12.1. The van der Waals surface area contributed by atoms with Crippen LogP contribution in [0.1, 0.15) is 40.8 Å². The van der Waals surface area contributed by atoms with Crippen LogP contribution in [0.5, 0.6) is 0 Å². The van der Waals surface area contributed by atoms with Gasteiger partial charge in [0.15, 0.2) is 5.69 Å². The van der Waals surface area contributed by atoms with Crippen molar-refractivity contribution in [1.29, 1.82) is 0 Å². The van der Waals surface area contributed by atoms with Gasteiger partial charge in [-0.1, -0.05) is 43.1 Å². The monoisotopic (exact) mass is 343 g/mol. The second kappa shape index (κ2) is 7.01. The van der Waals surface area contributed by atoms with Crippen LogP contribution in [0, 0.1) is 6.92 Å². The van der Waals surface area contributed by atoms with Gasteiger partial charge in [0.25, 0.3) is 0 Å². The van der Waals surface area contributed by atoms with E-state index in [9.17, 15) is 4.79 Å². The molecule has 124 valence electrons. The van der Waals surface area contributed by atoms with Gasteiger partial charge in [-0.2, -0.15) is 5.10 Å². The van der Waals surface area contributed by atoms with E-state index >= 15 is 0 Å². The zero-order valence-electron chi connectivity index (χ0n) is 13.6. The van der Waals surface area contributed by atoms with E-state index in [4.69, 9.17) is 16.3 Å². The smallest absolute Gasteiger partial charge is 0.359 e. The molecule has 3 rings (SSSR count). The normalized spacial score (nSPS) is 11.0. The minimum Gasteiger partial charge on any atom is -0.454 e. The fourth-order valence-corrected chi connectivity index (χ4v) is 2.78. The van der Waals surface area contributed by atoms with Crippen molar-refractivity contribution < 1.29 is 9.53 Å². The Morgan fingerprint density at radius 1 is 1.33 bits per heavy atom. The number of carbonyl (C=O) groups excluding carboxylic acids is 1. The van der Waals surface area contributed by atoms with Gasteiger partial charge in [0.05, 0.1) is 16.2 Å². The number of nitrogens with one attached hydrogen (secondary N) is 1. The van der Waals surface area contributed by atoms with Crippen LogP contribution < -0.4 is 0 Å². The first-order chi connectivity index (χ1) is 11.6. The molecule has 0 saturated carbocycles. The van der Waals surface area contributed by atoms with Gasteiger partial charge in [-0.25, -0.2) is 9.78 Å². The summed E-state index contributed by atoms with van der Waals surface area (Å²) >= 11 is 6.37. The van der Waals surface area contributed by atoms with E-state index < -0.39 is 5.97 Å². The number of rotatable bonds is 5. The molecule has 1 aromatic carbocycles. The zero-order valence-corrected chi connectivity index (χ0v) is 14.4. The van der Waals surface area contributed by atoms with E-state index in [2.05, 4.69) is 22.1 Å². The molecule has 0 bridgehead atoms. The zero-order chi connectivity index (χ0) is 17.1. The number of H-pyrrole nitrogens is 1. The van der Waals surface area contributed by atoms with Crippen molar-refractivity contribution in [3.63, 3.8) is 0 Å². The highest BCUT2D eigenvalue weighted by Gasteiger charge is 2.15. The molecule has 0 saturated heterocycles. The molecule has 1 N–H and O–H groups in total. The van der Waals surface area contributed by atoms with E-state index in [1.54, 1.807) is 6.07 Å². The molecule has 0 aliphatic carbocycles. The fourth-order valence-electron chi connectivity index (χ4n) is 2.58. The van der Waals surface area contributed by atoms with Crippen LogP contribution >= 0.6 is 11.6 Å². The van der Waals surface area contributed by atoms with Crippen LogP contribution in [0.25, 0.3) is 10.9 Å². The lowest BCUT2D eigenvalue weighted by Gasteiger charge is -2.10. The summed E-state index contributed by atoms with van der Waals surface area (Å²) in [5.41, 5.74) is 3.49. The highest BCUT2D eigenvalue weighted by atomic mass is 35.5. The summed E-state index contributed by atoms with van der Waals surface area (Å²) in [6.07, 6.45) is 1.82. The number of halogens is 1. The minimum atomic E-state index is -0.489. The molecule has 3 aromatic rings. The number of aromatic amines is 1. The van der Waals surface area contributed by atoms with Gasteiger partial charge in [-0.15, -0.1) is 0 Å². The van der Waals surface area contributed by atoms with Gasteiger partial charge in [0.2, 0.25) is 0 Å². The number of hydrogen-bond donors (Lipinski definition) is 1. The first-order valence-electron chi connectivity index (χ1n) is 7.85. The Morgan fingerprint density at radius 2 is 2.12 bits per heavy atom. The number of esters is 1. The highest BCUT2D eigenvalue weighted by molar-refractivity contribution is 6.32. The Hall–Kier alpha value is -2.40. The van der Waals surface area contributed by atoms with Crippen molar-refractivity contribution in [2.45, 2.75) is 33.3 Å². The predicted molar refractivity (Wildman–Crippen MR) is 93.2 cm³/mol. The topological polar surface area (TPSA) is 67.9 Å². The van der Waals surface area contributed by atoms with Crippen LogP contribution in [-0.4, -0.2) is 21.2 Å². The lowest BCUT2D eigenvalue weighted by atomic mass is 10.1. The SMILES string of the molecule is CCCc1cc(C(=O)OCc2nc3ccccc3c(C)c2Cl)n[nH]1. The van der Waals surface area contributed by atoms with Gasteiger partial charge in [0, 0.05) is 11.1 Å². The average molecular weight is 344 g/mol. The van der Waals surface area contributed by atoms with Crippen molar-refractivity contribution in [2.24, 2.45) is 0 Å². The van der Waals surface area contributed by atoms with Crippen molar-refractivity contribution in [3.05, 3.63) is 58.0 Å². The van der Waals surface area contributed by atoms with Crippen molar-refractivity contribution >= 4 is 28.5 Å². The first-order valence-corrected chi connectivity index (χ1v) is 8.23. The Kier molecular flexibility index (Phi) is 4.81. The quantitative estimate of drug-likeness (QED) is 0.704. The molecule has 0 spiro atoms. The maximum Gasteiger partial charge on any atom is 0.359 e. The number of nitrogens with zero attached hydrogens (tertiary/aromatic N) is 2. The number of aryl methyl sites for hydroxylation is 2. The van der Waals surface area contributed by atoms with Crippen LogP contribution in [0.4, 0.5) is 0 Å². The number of fused-ring (bicyclic) bond motifs is 1. The minimum absolute atomic E-state index is 0.0132. The van der Waals surface area contributed by atoms with Gasteiger partial charge >= 0.3 is 5.97 Å². The summed E-state index contributed by atoms with van der Waals surface area (Å²) in [4.78, 5) is 16.6. The number of aromatic nitrogens is 3. The molecular weight excluding hydrogens is 326 g/mol. The van der Waals surface area contributed by atoms with Crippen LogP contribution in [0.2, 0.25) is 5.02 Å². The third-order valence-electron chi connectivity index (χ3n) is 3.85. The van der Waals surface area contributed by atoms with Crippen LogP contribution in [-0.2, 0) is 17.8 Å². The predicted octanol–water partition coefficient (Wildman–Crippen LogP) is 4.23. The van der Waals surface area contributed by atoms with Crippen molar-refractivity contribution in [2.75, 3.05) is 0 Å². The molecule has 0 aliphatic rings. The molecule has 2 aromatic heterocycles. The third-order valence-corrected chi connectivity index (χ3v) is 4.35. The van der Waals surface area contributed by atoms with E-state index in [1.807, 2.05) is 31.2 Å². The average Bonchev–Trinajstić information content (AvgIpc) is 3.06. The van der Waals surface area contributed by atoms with E-state index in [1.165, 1.54) is 0 Å².